The van der Waals surface area contributed by atoms with Crippen molar-refractivity contribution in [3.05, 3.63) is 182 Å². The molecule has 10 aromatic rings. The predicted octanol–water partition coefficient (Wildman–Crippen LogP) is 13.7. The maximum absolute atomic E-state index is 9.25. The lowest BCUT2D eigenvalue weighted by atomic mass is 9.83. The lowest BCUT2D eigenvalue weighted by Gasteiger charge is -2.20. The Morgan fingerprint density at radius 1 is 0.347 bits per heavy atom. The van der Waals surface area contributed by atoms with E-state index in [0.717, 1.165) is 76.5 Å². The number of benzene rings is 9. The predicted molar refractivity (Wildman–Crippen MR) is 208 cm³/mol. The summed E-state index contributed by atoms with van der Waals surface area (Å²) >= 11 is 0. The molecule has 0 unspecified atom stereocenters. The maximum atomic E-state index is 9.25. The zero-order valence-corrected chi connectivity index (χ0v) is 26.4. The van der Waals surface area contributed by atoms with Crippen molar-refractivity contribution < 1.29 is 9.90 Å². The Morgan fingerprint density at radius 3 is 1.63 bits per heavy atom. The summed E-state index contributed by atoms with van der Waals surface area (Å²) in [6, 6.07) is 52.8. The van der Waals surface area contributed by atoms with Crippen LogP contribution >= 0.6 is 0 Å². The van der Waals surface area contributed by atoms with Crippen LogP contribution in [-0.2, 0) is 0 Å². The molecule has 1 aromatic heterocycles. The number of furan rings is 1. The summed E-state index contributed by atoms with van der Waals surface area (Å²) in [4.78, 5) is 0. The van der Waals surface area contributed by atoms with Crippen molar-refractivity contribution in [2.75, 3.05) is 0 Å². The maximum Gasteiger partial charge on any atom is 0.143 e. The first kappa shape index (κ1) is 23.8. The first-order valence-electron chi connectivity index (χ1n) is 18.5. The summed E-state index contributed by atoms with van der Waals surface area (Å²) in [6.45, 7) is 0. The molecular weight excluding hydrogens is 593 g/mol. The van der Waals surface area contributed by atoms with Gasteiger partial charge < -0.3 is 4.42 Å². The summed E-state index contributed by atoms with van der Waals surface area (Å²) in [5.74, 6) is 0. The highest BCUT2D eigenvalue weighted by atomic mass is 16.3. The van der Waals surface area contributed by atoms with E-state index in [1.165, 1.54) is 0 Å². The number of fused-ring (bicyclic) bond motifs is 7. The van der Waals surface area contributed by atoms with Crippen LogP contribution in [0.2, 0.25) is 0 Å². The SMILES string of the molecule is [2H]c1c([2H])c(-c2ccccc2-c2c3ccccc3c(-c3ccc4oc5c6ccccc6ccc5c4c3)c3ccccc23)c([2H])c([2H])c1-c1ccccc1. The molecule has 0 saturated carbocycles. The van der Waals surface area contributed by atoms with Gasteiger partial charge in [0, 0.05) is 16.2 Å². The average Bonchev–Trinajstić information content (AvgIpc) is 3.58. The average molecular weight is 627 g/mol. The fraction of sp³-hybridized carbons (Fsp3) is 0. The lowest BCUT2D eigenvalue weighted by Crippen LogP contribution is -1.92. The molecule has 1 nitrogen and oxygen atoms in total. The lowest BCUT2D eigenvalue weighted by molar-refractivity contribution is 0.672. The Kier molecular flexibility index (Phi) is 5.38. The van der Waals surface area contributed by atoms with Crippen LogP contribution in [0.4, 0.5) is 0 Å². The van der Waals surface area contributed by atoms with Gasteiger partial charge in [-0.05, 0) is 89.6 Å². The fourth-order valence-electron chi connectivity index (χ4n) is 7.51. The van der Waals surface area contributed by atoms with Gasteiger partial charge in [0.1, 0.15) is 11.2 Å². The highest BCUT2D eigenvalue weighted by Gasteiger charge is 2.20. The number of hydrogen-bond donors (Lipinski definition) is 0. The van der Waals surface area contributed by atoms with E-state index in [0.29, 0.717) is 16.7 Å². The third kappa shape index (κ3) is 4.40. The molecule has 0 atom stereocenters. The molecule has 10 rings (SSSR count). The Labute approximate surface area is 289 Å². The Morgan fingerprint density at radius 2 is 0.918 bits per heavy atom. The smallest absolute Gasteiger partial charge is 0.143 e. The molecule has 0 aliphatic rings. The van der Waals surface area contributed by atoms with Crippen LogP contribution in [0, 0.1) is 0 Å². The minimum Gasteiger partial charge on any atom is -0.455 e. The van der Waals surface area contributed by atoms with Crippen molar-refractivity contribution in [3.8, 4) is 44.5 Å². The van der Waals surface area contributed by atoms with Crippen molar-refractivity contribution in [1.82, 2.24) is 0 Å². The highest BCUT2D eigenvalue weighted by molar-refractivity contribution is 6.23. The van der Waals surface area contributed by atoms with Gasteiger partial charge in [0.05, 0.1) is 5.48 Å². The number of rotatable bonds is 4. The van der Waals surface area contributed by atoms with Crippen LogP contribution in [-0.4, -0.2) is 0 Å². The van der Waals surface area contributed by atoms with Gasteiger partial charge in [-0.3, -0.25) is 0 Å². The third-order valence-corrected chi connectivity index (χ3v) is 9.73. The summed E-state index contributed by atoms with van der Waals surface area (Å²) in [5, 5.41) is 8.61. The molecule has 49 heavy (non-hydrogen) atoms. The molecule has 0 amide bonds. The molecule has 0 aliphatic heterocycles. The largest absolute Gasteiger partial charge is 0.455 e. The Hall–Kier alpha value is -6.44. The fourth-order valence-corrected chi connectivity index (χ4v) is 7.51. The molecule has 0 aliphatic carbocycles. The van der Waals surface area contributed by atoms with Crippen LogP contribution in [0.25, 0.3) is 98.8 Å². The summed E-state index contributed by atoms with van der Waals surface area (Å²) in [6.07, 6.45) is 0. The molecule has 0 saturated heterocycles. The number of hydrogen-bond acceptors (Lipinski definition) is 1. The molecule has 0 fully saturated rings. The summed E-state index contributed by atoms with van der Waals surface area (Å²) in [5.41, 5.74) is 7.68. The minimum absolute atomic E-state index is 0.0535. The standard InChI is InChI=1S/C48H30O/c1-2-12-31(13-3-1)32-22-24-34(25-23-32)36-15-6-7-17-38(36)47-41-20-10-8-18-39(41)46(40-19-9-11-21-42(40)47)35-27-29-45-44(30-35)43-28-26-33-14-4-5-16-37(33)48(43)49-45/h1-30H/i22D,23D,24D,25D. The van der Waals surface area contributed by atoms with E-state index in [2.05, 4.69) is 91.0 Å². The second-order valence-corrected chi connectivity index (χ2v) is 12.5. The van der Waals surface area contributed by atoms with Crippen LogP contribution in [0.1, 0.15) is 5.48 Å². The van der Waals surface area contributed by atoms with Crippen LogP contribution in [0.15, 0.2) is 186 Å². The van der Waals surface area contributed by atoms with Gasteiger partial charge in [-0.1, -0.05) is 164 Å². The third-order valence-electron chi connectivity index (χ3n) is 9.73. The van der Waals surface area contributed by atoms with Crippen LogP contribution < -0.4 is 0 Å². The van der Waals surface area contributed by atoms with Crippen molar-refractivity contribution in [2.45, 2.75) is 0 Å². The second kappa shape index (κ2) is 11.1. The van der Waals surface area contributed by atoms with E-state index in [4.69, 9.17) is 7.16 Å². The van der Waals surface area contributed by atoms with Gasteiger partial charge in [0.25, 0.3) is 0 Å². The van der Waals surface area contributed by atoms with E-state index in [9.17, 15) is 2.74 Å². The quantitative estimate of drug-likeness (QED) is 0.177. The molecule has 1 heterocycles. The zero-order chi connectivity index (χ0) is 35.8. The van der Waals surface area contributed by atoms with Gasteiger partial charge >= 0.3 is 0 Å². The van der Waals surface area contributed by atoms with Crippen molar-refractivity contribution in [2.24, 2.45) is 0 Å². The van der Waals surface area contributed by atoms with Gasteiger partial charge in [0.2, 0.25) is 0 Å². The molecule has 228 valence electrons. The molecule has 0 bridgehead atoms. The van der Waals surface area contributed by atoms with Crippen molar-refractivity contribution in [1.29, 1.82) is 0 Å². The molecule has 9 aromatic carbocycles. The molecular formula is C48H30O. The van der Waals surface area contributed by atoms with E-state index < -0.39 is 0 Å². The minimum atomic E-state index is -0.0593. The Bertz CT molecular complexity index is 3020. The van der Waals surface area contributed by atoms with Gasteiger partial charge in [0.15, 0.2) is 0 Å². The second-order valence-electron chi connectivity index (χ2n) is 12.5. The van der Waals surface area contributed by atoms with Crippen LogP contribution in [0.5, 0.6) is 0 Å². The summed E-state index contributed by atoms with van der Waals surface area (Å²) < 4.78 is 43.1. The van der Waals surface area contributed by atoms with Gasteiger partial charge in [-0.25, -0.2) is 0 Å². The first-order chi connectivity index (χ1) is 26.0. The zero-order valence-electron chi connectivity index (χ0n) is 30.4. The van der Waals surface area contributed by atoms with E-state index in [1.807, 2.05) is 66.7 Å². The Balaban J connectivity index is 1.24. The summed E-state index contributed by atoms with van der Waals surface area (Å²) in [7, 11) is 0. The van der Waals surface area contributed by atoms with Crippen LogP contribution in [0.3, 0.4) is 0 Å². The van der Waals surface area contributed by atoms with E-state index in [1.54, 1.807) is 0 Å². The first-order valence-corrected chi connectivity index (χ1v) is 16.5. The van der Waals surface area contributed by atoms with Gasteiger partial charge in [-0.15, -0.1) is 0 Å². The van der Waals surface area contributed by atoms with Gasteiger partial charge in [-0.2, -0.15) is 0 Å². The topological polar surface area (TPSA) is 13.1 Å². The molecule has 0 radical (unpaired) electrons. The molecule has 0 spiro atoms. The van der Waals surface area contributed by atoms with Crippen molar-refractivity contribution in [3.63, 3.8) is 0 Å². The monoisotopic (exact) mass is 626 g/mol. The van der Waals surface area contributed by atoms with Crippen molar-refractivity contribution >= 4 is 54.3 Å². The normalized spacial score (nSPS) is 12.8. The highest BCUT2D eigenvalue weighted by Crippen LogP contribution is 2.47. The van der Waals surface area contributed by atoms with E-state index in [-0.39, 0.29) is 29.7 Å². The van der Waals surface area contributed by atoms with E-state index >= 15 is 0 Å². The molecule has 0 N–H and O–H groups in total. The molecule has 1 heteroatoms.